The van der Waals surface area contributed by atoms with Gasteiger partial charge in [0.2, 0.25) is 0 Å². The zero-order valence-electron chi connectivity index (χ0n) is 14.3. The number of hydrogen-bond acceptors (Lipinski definition) is 4. The van der Waals surface area contributed by atoms with Crippen molar-refractivity contribution in [1.29, 1.82) is 0 Å². The van der Waals surface area contributed by atoms with Crippen LogP contribution < -0.4 is 5.32 Å². The van der Waals surface area contributed by atoms with Crippen LogP contribution in [-0.4, -0.2) is 52.1 Å². The van der Waals surface area contributed by atoms with E-state index in [0.29, 0.717) is 13.1 Å². The number of likely N-dealkylation sites (N-methyl/N-ethyl adjacent to an activating group) is 1. The van der Waals surface area contributed by atoms with Crippen LogP contribution in [-0.2, 0) is 7.05 Å². The highest BCUT2D eigenvalue weighted by Gasteiger charge is 2.30. The van der Waals surface area contributed by atoms with Crippen LogP contribution in [0.2, 0.25) is 0 Å². The first-order chi connectivity index (χ1) is 12.1. The second kappa shape index (κ2) is 6.25. The molecule has 7 nitrogen and oxygen atoms in total. The standard InChI is InChI=1S/C18H21N5O2/c1-21-8-9-23(12-15(21)17-19-6-7-22(17)2)18(24)20-14-4-3-13-5-10-25-16(13)11-14/h3-7,10-11,15H,8-9,12H2,1-2H3,(H,20,24). The number of urea groups is 1. The van der Waals surface area contributed by atoms with Crippen LogP contribution in [0.15, 0.2) is 47.3 Å². The van der Waals surface area contributed by atoms with Crippen molar-refractivity contribution >= 4 is 22.7 Å². The van der Waals surface area contributed by atoms with Gasteiger partial charge in [-0.05, 0) is 25.2 Å². The average molecular weight is 339 g/mol. The average Bonchev–Trinajstić information content (AvgIpc) is 3.23. The Balaban J connectivity index is 1.49. The number of nitrogens with zero attached hydrogens (tertiary/aromatic N) is 4. The predicted molar refractivity (Wildman–Crippen MR) is 95.4 cm³/mol. The van der Waals surface area contributed by atoms with Crippen LogP contribution in [0.25, 0.3) is 11.0 Å². The number of benzene rings is 1. The Hall–Kier alpha value is -2.80. The summed E-state index contributed by atoms with van der Waals surface area (Å²) in [5, 5.41) is 3.99. The van der Waals surface area contributed by atoms with Gasteiger partial charge in [0.15, 0.2) is 0 Å². The lowest BCUT2D eigenvalue weighted by Crippen LogP contribution is -2.50. The van der Waals surface area contributed by atoms with E-state index in [4.69, 9.17) is 4.42 Å². The molecule has 3 heterocycles. The molecule has 3 aromatic rings. The molecular formula is C18H21N5O2. The van der Waals surface area contributed by atoms with Gasteiger partial charge in [-0.3, -0.25) is 4.90 Å². The van der Waals surface area contributed by atoms with E-state index in [2.05, 4.69) is 22.2 Å². The lowest BCUT2D eigenvalue weighted by atomic mass is 10.1. The Morgan fingerprint density at radius 3 is 2.96 bits per heavy atom. The minimum Gasteiger partial charge on any atom is -0.464 e. The molecule has 1 aliphatic heterocycles. The molecule has 25 heavy (non-hydrogen) atoms. The predicted octanol–water partition coefficient (Wildman–Crippen LogP) is 2.69. The first kappa shape index (κ1) is 15.7. The molecule has 7 heteroatoms. The van der Waals surface area contributed by atoms with Gasteiger partial charge in [0.05, 0.1) is 12.3 Å². The number of imidazole rings is 1. The van der Waals surface area contributed by atoms with Gasteiger partial charge in [0.25, 0.3) is 0 Å². The fourth-order valence-electron chi connectivity index (χ4n) is 3.27. The number of amides is 2. The fourth-order valence-corrected chi connectivity index (χ4v) is 3.27. The van der Waals surface area contributed by atoms with E-state index >= 15 is 0 Å². The molecule has 130 valence electrons. The highest BCUT2D eigenvalue weighted by Crippen LogP contribution is 2.24. The van der Waals surface area contributed by atoms with Crippen molar-refractivity contribution in [2.75, 3.05) is 32.0 Å². The maximum Gasteiger partial charge on any atom is 0.321 e. The highest BCUT2D eigenvalue weighted by molar-refractivity contribution is 5.92. The maximum absolute atomic E-state index is 12.7. The summed E-state index contributed by atoms with van der Waals surface area (Å²) in [5.74, 6) is 0.969. The van der Waals surface area contributed by atoms with Gasteiger partial charge in [-0.1, -0.05) is 0 Å². The van der Waals surface area contributed by atoms with Crippen molar-refractivity contribution < 1.29 is 9.21 Å². The zero-order valence-corrected chi connectivity index (χ0v) is 14.3. The number of aryl methyl sites for hydroxylation is 1. The number of hydrogen-bond donors (Lipinski definition) is 1. The Morgan fingerprint density at radius 2 is 2.16 bits per heavy atom. The molecule has 1 atom stereocenters. The van der Waals surface area contributed by atoms with E-state index in [1.165, 1.54) is 0 Å². The lowest BCUT2D eigenvalue weighted by Gasteiger charge is -2.38. The monoisotopic (exact) mass is 339 g/mol. The number of carbonyl (C=O) groups is 1. The summed E-state index contributed by atoms with van der Waals surface area (Å²) in [4.78, 5) is 21.2. The minimum absolute atomic E-state index is 0.0899. The number of piperazine rings is 1. The number of fused-ring (bicyclic) bond motifs is 1. The Morgan fingerprint density at radius 1 is 1.28 bits per heavy atom. The molecule has 0 spiro atoms. The van der Waals surface area contributed by atoms with Crippen LogP contribution >= 0.6 is 0 Å². The first-order valence-electron chi connectivity index (χ1n) is 8.32. The molecule has 0 bridgehead atoms. The van der Waals surface area contributed by atoms with Crippen molar-refractivity contribution in [2.45, 2.75) is 6.04 Å². The van der Waals surface area contributed by atoms with Crippen molar-refractivity contribution in [3.8, 4) is 0 Å². The van der Waals surface area contributed by atoms with Gasteiger partial charge in [-0.15, -0.1) is 0 Å². The molecule has 1 saturated heterocycles. The molecule has 0 aliphatic carbocycles. The topological polar surface area (TPSA) is 66.5 Å². The Bertz CT molecular complexity index is 900. The SMILES string of the molecule is CN1CCN(C(=O)Nc2ccc3ccoc3c2)CC1c1nccn1C. The molecule has 1 N–H and O–H groups in total. The van der Waals surface area contributed by atoms with Gasteiger partial charge in [-0.25, -0.2) is 9.78 Å². The van der Waals surface area contributed by atoms with Crippen molar-refractivity contribution in [3.05, 3.63) is 48.7 Å². The van der Waals surface area contributed by atoms with Crippen molar-refractivity contribution in [1.82, 2.24) is 19.4 Å². The van der Waals surface area contributed by atoms with E-state index in [-0.39, 0.29) is 12.1 Å². The second-order valence-electron chi connectivity index (χ2n) is 6.44. The number of furan rings is 1. The van der Waals surface area contributed by atoms with Crippen LogP contribution in [0, 0.1) is 0 Å². The molecule has 2 amide bonds. The summed E-state index contributed by atoms with van der Waals surface area (Å²) in [6.07, 6.45) is 5.37. The van der Waals surface area contributed by atoms with Gasteiger partial charge >= 0.3 is 6.03 Å². The molecule has 2 aromatic heterocycles. The Kier molecular flexibility index (Phi) is 3.93. The number of rotatable bonds is 2. The number of aromatic nitrogens is 2. The van der Waals surface area contributed by atoms with E-state index in [1.54, 1.807) is 12.5 Å². The van der Waals surface area contributed by atoms with Crippen LogP contribution in [0.5, 0.6) is 0 Å². The third-order valence-electron chi connectivity index (χ3n) is 4.80. The quantitative estimate of drug-likeness (QED) is 0.779. The van der Waals surface area contributed by atoms with Crippen LogP contribution in [0.3, 0.4) is 0 Å². The summed E-state index contributed by atoms with van der Waals surface area (Å²) in [7, 11) is 4.05. The zero-order chi connectivity index (χ0) is 17.4. The molecule has 4 rings (SSSR count). The molecule has 0 saturated carbocycles. The molecular weight excluding hydrogens is 318 g/mol. The van der Waals surface area contributed by atoms with Crippen molar-refractivity contribution in [2.24, 2.45) is 7.05 Å². The minimum atomic E-state index is -0.0989. The summed E-state index contributed by atoms with van der Waals surface area (Å²) in [6.45, 7) is 2.10. The molecule has 0 radical (unpaired) electrons. The van der Waals surface area contributed by atoms with Gasteiger partial charge < -0.3 is 19.2 Å². The smallest absolute Gasteiger partial charge is 0.321 e. The lowest BCUT2D eigenvalue weighted by molar-refractivity contribution is 0.110. The van der Waals surface area contributed by atoms with Gasteiger partial charge in [0.1, 0.15) is 11.4 Å². The van der Waals surface area contributed by atoms with E-state index in [1.807, 2.05) is 47.0 Å². The first-order valence-corrected chi connectivity index (χ1v) is 8.32. The maximum atomic E-state index is 12.7. The third-order valence-corrected chi connectivity index (χ3v) is 4.80. The molecule has 1 fully saturated rings. The third kappa shape index (κ3) is 2.98. The number of nitrogens with one attached hydrogen (secondary N) is 1. The van der Waals surface area contributed by atoms with E-state index in [0.717, 1.165) is 29.0 Å². The number of anilines is 1. The van der Waals surface area contributed by atoms with Gasteiger partial charge in [0, 0.05) is 56.2 Å². The largest absolute Gasteiger partial charge is 0.464 e. The summed E-state index contributed by atoms with van der Waals surface area (Å²) in [6, 6.07) is 7.57. The highest BCUT2D eigenvalue weighted by atomic mass is 16.3. The van der Waals surface area contributed by atoms with E-state index < -0.39 is 0 Å². The summed E-state index contributed by atoms with van der Waals surface area (Å²) < 4.78 is 7.40. The normalized spacial score (nSPS) is 18.6. The van der Waals surface area contributed by atoms with Crippen molar-refractivity contribution in [3.63, 3.8) is 0 Å². The van der Waals surface area contributed by atoms with Crippen LogP contribution in [0.4, 0.5) is 10.5 Å². The summed E-state index contributed by atoms with van der Waals surface area (Å²) in [5.41, 5.74) is 1.50. The summed E-state index contributed by atoms with van der Waals surface area (Å²) >= 11 is 0. The molecule has 1 aliphatic rings. The number of carbonyl (C=O) groups excluding carboxylic acids is 1. The van der Waals surface area contributed by atoms with Crippen LogP contribution in [0.1, 0.15) is 11.9 Å². The van der Waals surface area contributed by atoms with E-state index in [9.17, 15) is 4.79 Å². The molecule has 1 aromatic carbocycles. The Labute approximate surface area is 145 Å². The fraction of sp³-hybridized carbons (Fsp3) is 0.333. The van der Waals surface area contributed by atoms with Gasteiger partial charge in [-0.2, -0.15) is 0 Å². The molecule has 1 unspecified atom stereocenters. The second-order valence-corrected chi connectivity index (χ2v) is 6.44.